The largest absolute Gasteiger partial charge is 0.497 e. The third-order valence-electron chi connectivity index (χ3n) is 3.63. The summed E-state index contributed by atoms with van der Waals surface area (Å²) >= 11 is 0. The van der Waals surface area contributed by atoms with Crippen LogP contribution in [-0.4, -0.2) is 44.9 Å². The van der Waals surface area contributed by atoms with Gasteiger partial charge in [-0.2, -0.15) is 0 Å². The van der Waals surface area contributed by atoms with Crippen LogP contribution >= 0.6 is 0 Å². The number of methoxy groups -OCH3 is 1. The summed E-state index contributed by atoms with van der Waals surface area (Å²) in [5, 5.41) is 0. The second-order valence-corrected chi connectivity index (χ2v) is 4.96. The minimum atomic E-state index is 0.661. The summed E-state index contributed by atoms with van der Waals surface area (Å²) in [5.41, 5.74) is 1.21. The van der Waals surface area contributed by atoms with Crippen LogP contribution in [0.3, 0.4) is 0 Å². The molecule has 1 saturated heterocycles. The lowest BCUT2D eigenvalue weighted by Crippen LogP contribution is -2.36. The maximum atomic E-state index is 5.39. The SMILES string of the molecule is COc1ccc(/C=C/CN(C)C2CCOCC2)cc1. The molecule has 1 aromatic carbocycles. The summed E-state index contributed by atoms with van der Waals surface area (Å²) in [6.07, 6.45) is 6.67. The van der Waals surface area contributed by atoms with E-state index < -0.39 is 0 Å². The predicted molar refractivity (Wildman–Crippen MR) is 78.5 cm³/mol. The quantitative estimate of drug-likeness (QED) is 0.813. The molecule has 3 heteroatoms. The first kappa shape index (κ1) is 14.1. The zero-order valence-electron chi connectivity index (χ0n) is 11.8. The van der Waals surface area contributed by atoms with Gasteiger partial charge in [-0.3, -0.25) is 4.90 Å². The van der Waals surface area contributed by atoms with Crippen LogP contribution in [0.15, 0.2) is 30.3 Å². The fourth-order valence-corrected chi connectivity index (χ4v) is 2.35. The van der Waals surface area contributed by atoms with E-state index in [1.165, 1.54) is 5.56 Å². The normalized spacial score (nSPS) is 17.2. The van der Waals surface area contributed by atoms with Gasteiger partial charge >= 0.3 is 0 Å². The monoisotopic (exact) mass is 261 g/mol. The molecular weight excluding hydrogens is 238 g/mol. The van der Waals surface area contributed by atoms with Crippen LogP contribution in [0.25, 0.3) is 6.08 Å². The van der Waals surface area contributed by atoms with E-state index in [-0.39, 0.29) is 0 Å². The fraction of sp³-hybridized carbons (Fsp3) is 0.500. The molecule has 0 saturated carbocycles. The molecule has 0 spiro atoms. The Balaban J connectivity index is 1.81. The van der Waals surface area contributed by atoms with Crippen molar-refractivity contribution >= 4 is 6.08 Å². The van der Waals surface area contributed by atoms with Crippen LogP contribution in [0.4, 0.5) is 0 Å². The van der Waals surface area contributed by atoms with Crippen molar-refractivity contribution in [3.63, 3.8) is 0 Å². The number of ether oxygens (including phenoxy) is 2. The first-order chi connectivity index (χ1) is 9.29. The molecule has 2 rings (SSSR count). The summed E-state index contributed by atoms with van der Waals surface area (Å²) in [5.74, 6) is 0.900. The van der Waals surface area contributed by atoms with Crippen LogP contribution in [0.5, 0.6) is 5.75 Å². The van der Waals surface area contributed by atoms with Crippen LogP contribution < -0.4 is 4.74 Å². The molecule has 1 aliphatic heterocycles. The van der Waals surface area contributed by atoms with Gasteiger partial charge in [-0.25, -0.2) is 0 Å². The maximum absolute atomic E-state index is 5.39. The fourth-order valence-electron chi connectivity index (χ4n) is 2.35. The average molecular weight is 261 g/mol. The lowest BCUT2D eigenvalue weighted by Gasteiger charge is -2.30. The van der Waals surface area contributed by atoms with Gasteiger partial charge in [0.05, 0.1) is 7.11 Å². The summed E-state index contributed by atoms with van der Waals surface area (Å²) < 4.78 is 10.5. The number of hydrogen-bond donors (Lipinski definition) is 0. The van der Waals surface area contributed by atoms with Crippen molar-refractivity contribution in [3.05, 3.63) is 35.9 Å². The van der Waals surface area contributed by atoms with Gasteiger partial charge in [0.25, 0.3) is 0 Å². The molecule has 0 amide bonds. The first-order valence-corrected chi connectivity index (χ1v) is 6.88. The Labute approximate surface area is 115 Å². The van der Waals surface area contributed by atoms with Crippen LogP contribution in [0, 0.1) is 0 Å². The number of likely N-dealkylation sites (N-methyl/N-ethyl adjacent to an activating group) is 1. The molecule has 1 aromatic rings. The van der Waals surface area contributed by atoms with Gasteiger partial charge in [0.2, 0.25) is 0 Å². The molecule has 1 aliphatic rings. The molecular formula is C16H23NO2. The van der Waals surface area contributed by atoms with E-state index in [1.54, 1.807) is 7.11 Å². The van der Waals surface area contributed by atoms with E-state index in [4.69, 9.17) is 9.47 Å². The van der Waals surface area contributed by atoms with Gasteiger partial charge in [-0.05, 0) is 37.6 Å². The molecule has 1 fully saturated rings. The summed E-state index contributed by atoms with van der Waals surface area (Å²) in [7, 11) is 3.88. The van der Waals surface area contributed by atoms with Crippen LogP contribution in [0.2, 0.25) is 0 Å². The highest BCUT2D eigenvalue weighted by atomic mass is 16.5. The van der Waals surface area contributed by atoms with Gasteiger partial charge < -0.3 is 9.47 Å². The van der Waals surface area contributed by atoms with E-state index in [2.05, 4.69) is 36.2 Å². The topological polar surface area (TPSA) is 21.7 Å². The Morgan fingerprint density at radius 3 is 2.58 bits per heavy atom. The highest BCUT2D eigenvalue weighted by molar-refractivity contribution is 5.50. The molecule has 0 N–H and O–H groups in total. The Hall–Kier alpha value is -1.32. The van der Waals surface area contributed by atoms with E-state index in [0.717, 1.165) is 38.3 Å². The number of rotatable bonds is 5. The molecule has 19 heavy (non-hydrogen) atoms. The van der Waals surface area contributed by atoms with Gasteiger partial charge in [-0.15, -0.1) is 0 Å². The number of nitrogens with zero attached hydrogens (tertiary/aromatic N) is 1. The van der Waals surface area contributed by atoms with Gasteiger partial charge in [0.1, 0.15) is 5.75 Å². The van der Waals surface area contributed by atoms with E-state index >= 15 is 0 Å². The molecule has 0 unspecified atom stereocenters. The molecule has 3 nitrogen and oxygen atoms in total. The lowest BCUT2D eigenvalue weighted by atomic mass is 10.1. The minimum absolute atomic E-state index is 0.661. The molecule has 1 heterocycles. The predicted octanol–water partition coefficient (Wildman–Crippen LogP) is 2.82. The minimum Gasteiger partial charge on any atom is -0.497 e. The zero-order chi connectivity index (χ0) is 13.5. The van der Waals surface area contributed by atoms with Crippen molar-refractivity contribution in [1.82, 2.24) is 4.90 Å². The first-order valence-electron chi connectivity index (χ1n) is 6.88. The Morgan fingerprint density at radius 1 is 1.26 bits per heavy atom. The molecule has 0 radical (unpaired) electrons. The van der Waals surface area contributed by atoms with Crippen LogP contribution in [0.1, 0.15) is 18.4 Å². The average Bonchev–Trinajstić information content (AvgIpc) is 2.49. The third kappa shape index (κ3) is 4.37. The highest BCUT2D eigenvalue weighted by Gasteiger charge is 2.16. The summed E-state index contributed by atoms with van der Waals surface area (Å²) in [6.45, 7) is 2.78. The van der Waals surface area contributed by atoms with Gasteiger partial charge in [0.15, 0.2) is 0 Å². The van der Waals surface area contributed by atoms with Gasteiger partial charge in [0, 0.05) is 25.8 Å². The smallest absolute Gasteiger partial charge is 0.118 e. The Morgan fingerprint density at radius 2 is 1.95 bits per heavy atom. The molecule has 0 bridgehead atoms. The summed E-state index contributed by atoms with van der Waals surface area (Å²) in [6, 6.07) is 8.78. The van der Waals surface area contributed by atoms with Crippen molar-refractivity contribution < 1.29 is 9.47 Å². The molecule has 0 aromatic heterocycles. The number of benzene rings is 1. The van der Waals surface area contributed by atoms with Crippen molar-refractivity contribution in [2.45, 2.75) is 18.9 Å². The lowest BCUT2D eigenvalue weighted by molar-refractivity contribution is 0.0466. The van der Waals surface area contributed by atoms with Crippen molar-refractivity contribution in [2.75, 3.05) is 33.9 Å². The highest BCUT2D eigenvalue weighted by Crippen LogP contribution is 2.14. The molecule has 104 valence electrons. The maximum Gasteiger partial charge on any atom is 0.118 e. The molecule has 0 atom stereocenters. The Kier molecular flexibility index (Phi) is 5.43. The van der Waals surface area contributed by atoms with E-state index in [1.807, 2.05) is 12.1 Å². The second-order valence-electron chi connectivity index (χ2n) is 4.96. The van der Waals surface area contributed by atoms with E-state index in [0.29, 0.717) is 6.04 Å². The zero-order valence-corrected chi connectivity index (χ0v) is 11.8. The second kappa shape index (κ2) is 7.31. The van der Waals surface area contributed by atoms with E-state index in [9.17, 15) is 0 Å². The third-order valence-corrected chi connectivity index (χ3v) is 3.63. The van der Waals surface area contributed by atoms with Crippen molar-refractivity contribution in [2.24, 2.45) is 0 Å². The van der Waals surface area contributed by atoms with Gasteiger partial charge in [-0.1, -0.05) is 24.3 Å². The van der Waals surface area contributed by atoms with Crippen molar-refractivity contribution in [1.29, 1.82) is 0 Å². The number of hydrogen-bond acceptors (Lipinski definition) is 3. The standard InChI is InChI=1S/C16H23NO2/c1-17(15-9-12-19-13-10-15)11-3-4-14-5-7-16(18-2)8-6-14/h3-8,15H,9-13H2,1-2H3/b4-3+. The molecule has 0 aliphatic carbocycles. The Bertz CT molecular complexity index is 394. The summed E-state index contributed by atoms with van der Waals surface area (Å²) in [4.78, 5) is 2.41. The van der Waals surface area contributed by atoms with Crippen molar-refractivity contribution in [3.8, 4) is 5.75 Å². The van der Waals surface area contributed by atoms with Crippen LogP contribution in [-0.2, 0) is 4.74 Å².